The van der Waals surface area contributed by atoms with Crippen LogP contribution in [0, 0.1) is 0 Å². The number of hydrogen-bond donors (Lipinski definition) is 0. The van der Waals surface area contributed by atoms with Gasteiger partial charge in [0.15, 0.2) is 0 Å². The Bertz CT molecular complexity index is 549. The third-order valence-electron chi connectivity index (χ3n) is 3.27. The summed E-state index contributed by atoms with van der Waals surface area (Å²) in [5.41, 5.74) is -3.50. The molecule has 144 valence electrons. The second-order valence-electron chi connectivity index (χ2n) is 6.97. The Kier molecular flexibility index (Phi) is 6.15. The Morgan fingerprint density at radius 2 is 1.84 bits per heavy atom. The summed E-state index contributed by atoms with van der Waals surface area (Å²) in [5, 5.41) is 0. The first-order valence-electron chi connectivity index (χ1n) is 7.81. The van der Waals surface area contributed by atoms with Gasteiger partial charge in [-0.05, 0) is 47.6 Å². The fourth-order valence-corrected chi connectivity index (χ4v) is 2.30. The summed E-state index contributed by atoms with van der Waals surface area (Å²) in [6.45, 7) is 8.98. The lowest BCUT2D eigenvalue weighted by molar-refractivity contribution is -0.150. The summed E-state index contributed by atoms with van der Waals surface area (Å²) in [7, 11) is 0. The highest BCUT2D eigenvalue weighted by Gasteiger charge is 2.48. The van der Waals surface area contributed by atoms with Crippen molar-refractivity contribution in [2.24, 2.45) is 0 Å². The van der Waals surface area contributed by atoms with Crippen LogP contribution < -0.4 is 0 Å². The van der Waals surface area contributed by atoms with E-state index >= 15 is 0 Å². The minimum absolute atomic E-state index is 0.200. The van der Waals surface area contributed by atoms with Crippen LogP contribution in [-0.2, 0) is 19.0 Å². The summed E-state index contributed by atoms with van der Waals surface area (Å²) < 4.78 is 54.7. The van der Waals surface area contributed by atoms with Crippen LogP contribution in [-0.4, -0.2) is 53.7 Å². The normalized spacial score (nSPS) is 21.2. The van der Waals surface area contributed by atoms with Crippen LogP contribution in [0.25, 0.3) is 0 Å². The zero-order valence-corrected chi connectivity index (χ0v) is 15.2. The second kappa shape index (κ2) is 7.23. The van der Waals surface area contributed by atoms with Crippen LogP contribution in [0.4, 0.5) is 18.0 Å². The Hall–Kier alpha value is -1.77. The number of amides is 1. The fourth-order valence-electron chi connectivity index (χ4n) is 2.30. The number of halogens is 3. The van der Waals surface area contributed by atoms with Crippen molar-refractivity contribution in [3.8, 4) is 0 Å². The number of esters is 1. The summed E-state index contributed by atoms with van der Waals surface area (Å²) >= 11 is 0. The Balaban J connectivity index is 3.22. The van der Waals surface area contributed by atoms with E-state index in [1.807, 2.05) is 0 Å². The molecule has 0 aromatic carbocycles. The lowest BCUT2D eigenvalue weighted by Crippen LogP contribution is -2.49. The Labute approximate surface area is 144 Å². The van der Waals surface area contributed by atoms with Crippen LogP contribution in [0.5, 0.6) is 0 Å². The molecule has 1 rings (SSSR count). The van der Waals surface area contributed by atoms with Gasteiger partial charge in [-0.15, -0.1) is 0 Å². The van der Waals surface area contributed by atoms with Gasteiger partial charge < -0.3 is 14.2 Å². The molecule has 0 aliphatic carbocycles. The van der Waals surface area contributed by atoms with E-state index in [1.165, 1.54) is 20.8 Å². The Morgan fingerprint density at radius 3 is 2.28 bits per heavy atom. The number of carbonyl (C=O) groups is 2. The molecule has 0 aromatic heterocycles. The van der Waals surface area contributed by atoms with E-state index in [2.05, 4.69) is 4.74 Å². The molecule has 1 aliphatic rings. The molecule has 1 atom stereocenters. The third kappa shape index (κ3) is 5.62. The van der Waals surface area contributed by atoms with Gasteiger partial charge in [0.1, 0.15) is 16.9 Å². The average molecular weight is 367 g/mol. The number of carbonyl (C=O) groups excluding carboxylic acids is 2. The lowest BCUT2D eigenvalue weighted by atomic mass is 10.1. The molecular weight excluding hydrogens is 343 g/mol. The average Bonchev–Trinajstić information content (AvgIpc) is 2.67. The van der Waals surface area contributed by atoms with Gasteiger partial charge in [-0.25, -0.2) is 9.59 Å². The maximum Gasteiger partial charge on any atom is 0.423 e. The van der Waals surface area contributed by atoms with Crippen molar-refractivity contribution in [2.75, 3.05) is 13.2 Å². The van der Waals surface area contributed by atoms with Crippen molar-refractivity contribution in [1.82, 2.24) is 4.90 Å². The smallest absolute Gasteiger partial charge is 0.423 e. The van der Waals surface area contributed by atoms with Gasteiger partial charge in [0, 0.05) is 0 Å². The zero-order chi connectivity index (χ0) is 19.6. The van der Waals surface area contributed by atoms with Crippen molar-refractivity contribution in [2.45, 2.75) is 65.1 Å². The van der Waals surface area contributed by atoms with Crippen molar-refractivity contribution in [3.63, 3.8) is 0 Å². The minimum atomic E-state index is -4.92. The number of alkyl halides is 3. The molecule has 0 spiro atoms. The molecule has 1 heterocycles. The topological polar surface area (TPSA) is 65.1 Å². The van der Waals surface area contributed by atoms with Gasteiger partial charge in [-0.1, -0.05) is 0 Å². The monoisotopic (exact) mass is 367 g/mol. The number of rotatable bonds is 3. The molecule has 25 heavy (non-hydrogen) atoms. The van der Waals surface area contributed by atoms with E-state index in [4.69, 9.17) is 9.47 Å². The molecule has 0 radical (unpaired) electrons. The summed E-state index contributed by atoms with van der Waals surface area (Å²) in [6, 6.07) is -1.12. The molecule has 1 saturated heterocycles. The largest absolute Gasteiger partial charge is 0.462 e. The summed E-state index contributed by atoms with van der Waals surface area (Å²) in [6.07, 6.45) is -5.10. The molecule has 0 saturated carbocycles. The standard InChI is InChI=1S/C16H24F3NO5/c1-7-23-12(21)11(16(17,18)19)8-10-9-24-15(5,6)20(10)13(22)25-14(2,3)4/h8,10H,7,9H2,1-6H3/b11-8+/t10-/m1/s1. The second-order valence-corrected chi connectivity index (χ2v) is 6.97. The van der Waals surface area contributed by atoms with Crippen LogP contribution >= 0.6 is 0 Å². The van der Waals surface area contributed by atoms with Crippen molar-refractivity contribution < 1.29 is 37.0 Å². The first-order valence-corrected chi connectivity index (χ1v) is 7.81. The quantitative estimate of drug-likeness (QED) is 0.565. The number of nitrogens with zero attached hydrogens (tertiary/aromatic N) is 1. The van der Waals surface area contributed by atoms with Gasteiger partial charge in [-0.3, -0.25) is 4.90 Å². The molecule has 0 bridgehead atoms. The van der Waals surface area contributed by atoms with Gasteiger partial charge in [0.05, 0.1) is 19.3 Å². The van der Waals surface area contributed by atoms with Crippen molar-refractivity contribution >= 4 is 12.1 Å². The summed E-state index contributed by atoms with van der Waals surface area (Å²) in [4.78, 5) is 25.1. The third-order valence-corrected chi connectivity index (χ3v) is 3.27. The number of ether oxygens (including phenoxy) is 3. The zero-order valence-electron chi connectivity index (χ0n) is 15.2. The molecule has 0 unspecified atom stereocenters. The van der Waals surface area contributed by atoms with Gasteiger partial charge in [0.2, 0.25) is 0 Å². The molecule has 6 nitrogen and oxygen atoms in total. The maximum absolute atomic E-state index is 13.2. The van der Waals surface area contributed by atoms with Crippen LogP contribution in [0.2, 0.25) is 0 Å². The van der Waals surface area contributed by atoms with E-state index in [9.17, 15) is 22.8 Å². The van der Waals surface area contributed by atoms with E-state index in [0.29, 0.717) is 6.08 Å². The number of hydrogen-bond acceptors (Lipinski definition) is 5. The molecule has 9 heteroatoms. The fraction of sp³-hybridized carbons (Fsp3) is 0.750. The van der Waals surface area contributed by atoms with Crippen molar-refractivity contribution in [1.29, 1.82) is 0 Å². The van der Waals surface area contributed by atoms with E-state index < -0.39 is 41.2 Å². The first kappa shape index (κ1) is 21.3. The SMILES string of the molecule is CCOC(=O)/C(=C\[C@@H]1COC(C)(C)N1C(=O)OC(C)(C)C)C(F)(F)F. The minimum Gasteiger partial charge on any atom is -0.462 e. The van der Waals surface area contributed by atoms with Gasteiger partial charge >= 0.3 is 18.2 Å². The predicted molar refractivity (Wildman–Crippen MR) is 82.7 cm³/mol. The Morgan fingerprint density at radius 1 is 1.28 bits per heavy atom. The highest BCUT2D eigenvalue weighted by Crippen LogP contribution is 2.33. The molecule has 1 amide bonds. The molecular formula is C16H24F3NO5. The maximum atomic E-state index is 13.2. The lowest BCUT2D eigenvalue weighted by Gasteiger charge is -2.34. The van der Waals surface area contributed by atoms with E-state index in [0.717, 1.165) is 4.90 Å². The van der Waals surface area contributed by atoms with Crippen LogP contribution in [0.3, 0.4) is 0 Å². The van der Waals surface area contributed by atoms with Crippen molar-refractivity contribution in [3.05, 3.63) is 11.6 Å². The van der Waals surface area contributed by atoms with Crippen LogP contribution in [0.15, 0.2) is 11.6 Å². The van der Waals surface area contributed by atoms with E-state index in [-0.39, 0.29) is 13.2 Å². The highest BCUT2D eigenvalue weighted by molar-refractivity contribution is 5.90. The summed E-state index contributed by atoms with van der Waals surface area (Å²) in [5.74, 6) is -1.50. The van der Waals surface area contributed by atoms with E-state index in [1.54, 1.807) is 20.8 Å². The highest BCUT2D eigenvalue weighted by atomic mass is 19.4. The molecule has 0 aromatic rings. The molecule has 1 aliphatic heterocycles. The van der Waals surface area contributed by atoms with Gasteiger partial charge in [-0.2, -0.15) is 13.2 Å². The predicted octanol–water partition coefficient (Wildman–Crippen LogP) is 3.41. The molecule has 1 fully saturated rings. The van der Waals surface area contributed by atoms with Gasteiger partial charge in [0.25, 0.3) is 0 Å². The first-order chi connectivity index (χ1) is 11.2. The van der Waals surface area contributed by atoms with Crippen LogP contribution in [0.1, 0.15) is 41.5 Å². The molecule has 0 N–H and O–H groups in total.